The largest absolute Gasteiger partial charge is 0.338 e. The average Bonchev–Trinajstić information content (AvgIpc) is 2.40. The molecule has 0 atom stereocenters. The van der Waals surface area contributed by atoms with Gasteiger partial charge in [0.2, 0.25) is 15.9 Å². The predicted octanol–water partition coefficient (Wildman–Crippen LogP) is 1.72. The standard InChI is InChI=1S/C14H19ClN2O3S/c1-11(2)17-8-7-16(9-14(17)18)21(19,20)10-12-5-3-4-6-13(12)15/h3-6,11H,7-10H2,1-2H3. The van der Waals surface area contributed by atoms with E-state index in [4.69, 9.17) is 11.6 Å². The predicted molar refractivity (Wildman–Crippen MR) is 82.5 cm³/mol. The Labute approximate surface area is 130 Å². The number of sulfonamides is 1. The topological polar surface area (TPSA) is 57.7 Å². The number of hydrogen-bond donors (Lipinski definition) is 0. The summed E-state index contributed by atoms with van der Waals surface area (Å²) in [6.45, 7) is 4.51. The van der Waals surface area contributed by atoms with Gasteiger partial charge in [-0.05, 0) is 25.5 Å². The summed E-state index contributed by atoms with van der Waals surface area (Å²) in [5.74, 6) is -0.333. The maximum atomic E-state index is 12.4. The number of amides is 1. The molecule has 1 fully saturated rings. The molecular formula is C14H19ClN2O3S. The summed E-state index contributed by atoms with van der Waals surface area (Å²) in [6, 6.07) is 6.94. The summed E-state index contributed by atoms with van der Waals surface area (Å²) in [5, 5.41) is 0.424. The maximum absolute atomic E-state index is 12.4. The van der Waals surface area contributed by atoms with Crippen molar-refractivity contribution < 1.29 is 13.2 Å². The van der Waals surface area contributed by atoms with Crippen molar-refractivity contribution in [1.29, 1.82) is 0 Å². The first-order valence-electron chi connectivity index (χ1n) is 6.82. The van der Waals surface area contributed by atoms with Gasteiger partial charge < -0.3 is 4.90 Å². The van der Waals surface area contributed by atoms with Crippen molar-refractivity contribution in [2.75, 3.05) is 19.6 Å². The van der Waals surface area contributed by atoms with Crippen LogP contribution in [0.25, 0.3) is 0 Å². The van der Waals surface area contributed by atoms with Crippen LogP contribution in [0.15, 0.2) is 24.3 Å². The van der Waals surface area contributed by atoms with Gasteiger partial charge in [0, 0.05) is 24.2 Å². The fraction of sp³-hybridized carbons (Fsp3) is 0.500. The minimum atomic E-state index is -3.54. The molecule has 0 aromatic heterocycles. The maximum Gasteiger partial charge on any atom is 0.238 e. The van der Waals surface area contributed by atoms with Crippen LogP contribution in [0.1, 0.15) is 19.4 Å². The van der Waals surface area contributed by atoms with E-state index in [1.165, 1.54) is 4.31 Å². The van der Waals surface area contributed by atoms with Crippen LogP contribution in [-0.4, -0.2) is 49.2 Å². The van der Waals surface area contributed by atoms with Crippen molar-refractivity contribution in [3.8, 4) is 0 Å². The van der Waals surface area contributed by atoms with E-state index in [-0.39, 0.29) is 24.2 Å². The number of carbonyl (C=O) groups is 1. The Bertz CT molecular complexity index is 631. The summed E-state index contributed by atoms with van der Waals surface area (Å²) < 4.78 is 26.1. The molecule has 0 aliphatic carbocycles. The lowest BCUT2D eigenvalue weighted by atomic mass is 10.2. The van der Waals surface area contributed by atoms with Gasteiger partial charge in [-0.15, -0.1) is 0 Å². The molecule has 7 heteroatoms. The zero-order chi connectivity index (χ0) is 15.6. The molecule has 0 saturated carbocycles. The molecule has 1 aromatic rings. The molecule has 0 unspecified atom stereocenters. The van der Waals surface area contributed by atoms with Crippen LogP contribution in [0.4, 0.5) is 0 Å². The van der Waals surface area contributed by atoms with Crippen molar-refractivity contribution in [2.24, 2.45) is 0 Å². The normalized spacial score (nSPS) is 17.5. The molecule has 1 aromatic carbocycles. The Hall–Kier alpha value is -1.11. The second kappa shape index (κ2) is 6.34. The second-order valence-electron chi connectivity index (χ2n) is 5.36. The van der Waals surface area contributed by atoms with Gasteiger partial charge in [-0.3, -0.25) is 4.79 Å². The van der Waals surface area contributed by atoms with E-state index >= 15 is 0 Å². The Morgan fingerprint density at radius 3 is 2.48 bits per heavy atom. The summed E-state index contributed by atoms with van der Waals surface area (Å²) in [7, 11) is -3.54. The molecular weight excluding hydrogens is 312 g/mol. The van der Waals surface area contributed by atoms with Crippen molar-refractivity contribution in [3.05, 3.63) is 34.9 Å². The van der Waals surface area contributed by atoms with Gasteiger partial charge in [-0.1, -0.05) is 29.8 Å². The highest BCUT2D eigenvalue weighted by molar-refractivity contribution is 7.88. The first-order chi connectivity index (χ1) is 9.81. The Morgan fingerprint density at radius 1 is 1.24 bits per heavy atom. The van der Waals surface area contributed by atoms with Crippen LogP contribution in [0.2, 0.25) is 5.02 Å². The number of nitrogens with zero attached hydrogens (tertiary/aromatic N) is 2. The number of rotatable bonds is 4. The zero-order valence-electron chi connectivity index (χ0n) is 12.1. The summed E-state index contributed by atoms with van der Waals surface area (Å²) in [4.78, 5) is 13.7. The third-order valence-corrected chi connectivity index (χ3v) is 5.68. The lowest BCUT2D eigenvalue weighted by molar-refractivity contribution is -0.135. The number of piperazine rings is 1. The highest BCUT2D eigenvalue weighted by Crippen LogP contribution is 2.21. The number of halogens is 1. The first-order valence-corrected chi connectivity index (χ1v) is 8.80. The van der Waals surface area contributed by atoms with Crippen LogP contribution in [0.5, 0.6) is 0 Å². The Kier molecular flexibility index (Phi) is 4.91. The highest BCUT2D eigenvalue weighted by atomic mass is 35.5. The molecule has 2 rings (SSSR count). The van der Waals surface area contributed by atoms with Gasteiger partial charge in [-0.2, -0.15) is 4.31 Å². The van der Waals surface area contributed by atoms with Gasteiger partial charge in [-0.25, -0.2) is 8.42 Å². The first kappa shape index (κ1) is 16.3. The SMILES string of the molecule is CC(C)N1CCN(S(=O)(=O)Cc2ccccc2Cl)CC1=O. The van der Waals surface area contributed by atoms with E-state index in [1.807, 2.05) is 13.8 Å². The lowest BCUT2D eigenvalue weighted by Crippen LogP contribution is -2.54. The fourth-order valence-electron chi connectivity index (χ4n) is 2.35. The summed E-state index contributed by atoms with van der Waals surface area (Å²) in [5.41, 5.74) is 0.554. The molecule has 5 nitrogen and oxygen atoms in total. The Balaban J connectivity index is 2.11. The van der Waals surface area contributed by atoms with Gasteiger partial charge >= 0.3 is 0 Å². The molecule has 1 amide bonds. The van der Waals surface area contributed by atoms with Crippen LogP contribution in [0, 0.1) is 0 Å². The van der Waals surface area contributed by atoms with E-state index < -0.39 is 10.0 Å². The van der Waals surface area contributed by atoms with Crippen molar-refractivity contribution in [3.63, 3.8) is 0 Å². The van der Waals surface area contributed by atoms with Crippen LogP contribution in [0.3, 0.4) is 0 Å². The lowest BCUT2D eigenvalue weighted by Gasteiger charge is -2.36. The smallest absolute Gasteiger partial charge is 0.238 e. The van der Waals surface area contributed by atoms with Gasteiger partial charge in [0.1, 0.15) is 0 Å². The molecule has 116 valence electrons. The summed E-state index contributed by atoms with van der Waals surface area (Å²) >= 11 is 6.00. The van der Waals surface area contributed by atoms with Crippen molar-refractivity contribution >= 4 is 27.5 Å². The van der Waals surface area contributed by atoms with Crippen molar-refractivity contribution in [1.82, 2.24) is 9.21 Å². The monoisotopic (exact) mass is 330 g/mol. The Morgan fingerprint density at radius 2 is 1.90 bits per heavy atom. The highest BCUT2D eigenvalue weighted by Gasteiger charge is 2.32. The minimum Gasteiger partial charge on any atom is -0.338 e. The van der Waals surface area contributed by atoms with E-state index in [9.17, 15) is 13.2 Å². The number of benzene rings is 1. The van der Waals surface area contributed by atoms with Crippen LogP contribution >= 0.6 is 11.6 Å². The molecule has 0 N–H and O–H groups in total. The molecule has 0 spiro atoms. The fourth-order valence-corrected chi connectivity index (χ4v) is 4.13. The molecule has 0 radical (unpaired) electrons. The summed E-state index contributed by atoms with van der Waals surface area (Å²) in [6.07, 6.45) is 0. The molecule has 1 aliphatic heterocycles. The quantitative estimate of drug-likeness (QED) is 0.844. The van der Waals surface area contributed by atoms with Gasteiger partial charge in [0.15, 0.2) is 0 Å². The number of carbonyl (C=O) groups excluding carboxylic acids is 1. The third kappa shape index (κ3) is 3.75. The number of hydrogen-bond acceptors (Lipinski definition) is 3. The molecule has 1 saturated heterocycles. The van der Waals surface area contributed by atoms with E-state index in [1.54, 1.807) is 29.2 Å². The van der Waals surface area contributed by atoms with Crippen molar-refractivity contribution in [2.45, 2.75) is 25.6 Å². The molecule has 1 aliphatic rings. The zero-order valence-corrected chi connectivity index (χ0v) is 13.7. The average molecular weight is 331 g/mol. The van der Waals surface area contributed by atoms with E-state index in [0.717, 1.165) is 0 Å². The van der Waals surface area contributed by atoms with Crippen LogP contribution < -0.4 is 0 Å². The molecule has 21 heavy (non-hydrogen) atoms. The molecule has 1 heterocycles. The van der Waals surface area contributed by atoms with Gasteiger partial charge in [0.05, 0.1) is 12.3 Å². The third-order valence-electron chi connectivity index (χ3n) is 3.53. The minimum absolute atomic E-state index is 0.0888. The van der Waals surface area contributed by atoms with Gasteiger partial charge in [0.25, 0.3) is 0 Å². The van der Waals surface area contributed by atoms with Crippen LogP contribution in [-0.2, 0) is 20.6 Å². The molecule has 0 bridgehead atoms. The van der Waals surface area contributed by atoms with E-state index in [0.29, 0.717) is 23.7 Å². The second-order valence-corrected chi connectivity index (χ2v) is 7.74. The van der Waals surface area contributed by atoms with E-state index in [2.05, 4.69) is 0 Å².